The summed E-state index contributed by atoms with van der Waals surface area (Å²) in [5.41, 5.74) is 7.04. The van der Waals surface area contributed by atoms with E-state index in [1.165, 1.54) is 5.82 Å². The fourth-order valence-electron chi connectivity index (χ4n) is 7.41. The van der Waals surface area contributed by atoms with Crippen molar-refractivity contribution in [3.63, 3.8) is 0 Å². The lowest BCUT2D eigenvalue weighted by Gasteiger charge is -2.40. The lowest BCUT2D eigenvalue weighted by atomic mass is 9.88. The minimum atomic E-state index is -0.208. The Balaban J connectivity index is 1.49. The molecular formula is C36H52N6O3. The smallest absolute Gasteiger partial charge is 0.253 e. The number of aromatic nitrogens is 1. The van der Waals surface area contributed by atoms with Crippen LogP contribution in [0.1, 0.15) is 83.8 Å². The van der Waals surface area contributed by atoms with Crippen molar-refractivity contribution in [2.24, 2.45) is 0 Å². The number of allylic oxidation sites excluding steroid dienone is 2. The highest BCUT2D eigenvalue weighted by Crippen LogP contribution is 2.35. The number of carbonyl (C=O) groups excluding carboxylic acids is 1. The Morgan fingerprint density at radius 3 is 2.38 bits per heavy atom. The van der Waals surface area contributed by atoms with E-state index in [0.717, 1.165) is 98.3 Å². The molecule has 5 rings (SSSR count). The monoisotopic (exact) mass is 616 g/mol. The summed E-state index contributed by atoms with van der Waals surface area (Å²) < 4.78 is 0. The summed E-state index contributed by atoms with van der Waals surface area (Å²) in [4.78, 5) is 36.6. The molecule has 9 heteroatoms. The average Bonchev–Trinajstić information content (AvgIpc) is 3.02. The van der Waals surface area contributed by atoms with Crippen LogP contribution in [0, 0.1) is 20.8 Å². The van der Waals surface area contributed by atoms with Gasteiger partial charge in [-0.25, -0.2) is 0 Å². The molecule has 2 aromatic rings. The Morgan fingerprint density at radius 1 is 1.04 bits per heavy atom. The standard InChI is InChI=1S/C36H52N6O3/c1-7-42(29-11-9-28(37-5)10-12-29)33-20-27(26-8-13-34(40(6)22-26)41-16-14-30(43)15-17-41)19-31(25(33)4)35(44)38-21-32-23(2)18-24(3)39-36(32)45/h8,13,18-20,28-30,37,43H,7,9-12,14-17,21-22H2,1-6H3,(H,38,44)(H,39,45). The SMILES string of the molecule is CCN(c1cc(C2=CC=C(N3CCC(O)CC3)N(C)C2)cc(C(=O)NCc2c(C)cc(C)[nH]c2=O)c1C)C1CCC(NC)CC1. The number of likely N-dealkylation sites (N-methyl/N-ethyl adjacent to an activating group) is 1. The van der Waals surface area contributed by atoms with Crippen molar-refractivity contribution in [1.29, 1.82) is 0 Å². The fraction of sp³-hybridized carbons (Fsp3) is 0.556. The van der Waals surface area contributed by atoms with Crippen LogP contribution in [0.3, 0.4) is 0 Å². The van der Waals surface area contributed by atoms with Gasteiger partial charge in [0.2, 0.25) is 0 Å². The first kappa shape index (κ1) is 32.8. The molecule has 1 saturated heterocycles. The number of aliphatic hydroxyl groups is 1. The molecule has 3 heterocycles. The second-order valence-corrected chi connectivity index (χ2v) is 13.2. The maximum atomic E-state index is 13.9. The van der Waals surface area contributed by atoms with E-state index in [1.54, 1.807) is 0 Å². The van der Waals surface area contributed by atoms with Crippen LogP contribution in [0.25, 0.3) is 5.57 Å². The molecule has 1 aromatic heterocycles. The molecule has 2 fully saturated rings. The van der Waals surface area contributed by atoms with E-state index in [4.69, 9.17) is 0 Å². The van der Waals surface area contributed by atoms with E-state index in [-0.39, 0.29) is 24.1 Å². The lowest BCUT2D eigenvalue weighted by Crippen LogP contribution is -2.42. The number of anilines is 1. The highest BCUT2D eigenvalue weighted by atomic mass is 16.3. The highest BCUT2D eigenvalue weighted by molar-refractivity contribution is 5.98. The Labute approximate surface area is 268 Å². The topological polar surface area (TPSA) is 104 Å². The van der Waals surface area contributed by atoms with Gasteiger partial charge in [0.15, 0.2) is 0 Å². The Morgan fingerprint density at radius 2 is 1.76 bits per heavy atom. The van der Waals surface area contributed by atoms with Crippen LogP contribution in [0.4, 0.5) is 5.69 Å². The molecule has 2 aliphatic heterocycles. The van der Waals surface area contributed by atoms with Gasteiger partial charge in [0.1, 0.15) is 5.82 Å². The molecule has 1 aliphatic carbocycles. The second kappa shape index (κ2) is 14.3. The van der Waals surface area contributed by atoms with Crippen LogP contribution in [-0.4, -0.2) is 84.3 Å². The number of H-pyrrole nitrogens is 1. The van der Waals surface area contributed by atoms with Gasteiger partial charge in [0.25, 0.3) is 11.5 Å². The molecule has 244 valence electrons. The summed E-state index contributed by atoms with van der Waals surface area (Å²) in [6.07, 6.45) is 10.3. The number of hydrogen-bond donors (Lipinski definition) is 4. The van der Waals surface area contributed by atoms with E-state index in [2.05, 4.69) is 76.5 Å². The molecule has 1 saturated carbocycles. The van der Waals surface area contributed by atoms with E-state index >= 15 is 0 Å². The van der Waals surface area contributed by atoms with Gasteiger partial charge in [-0.15, -0.1) is 0 Å². The summed E-state index contributed by atoms with van der Waals surface area (Å²) in [6, 6.07) is 7.23. The molecule has 0 atom stereocenters. The zero-order valence-electron chi connectivity index (χ0n) is 28.0. The largest absolute Gasteiger partial charge is 0.393 e. The van der Waals surface area contributed by atoms with Gasteiger partial charge in [-0.2, -0.15) is 0 Å². The molecule has 3 aliphatic rings. The first-order valence-electron chi connectivity index (χ1n) is 16.7. The number of aliphatic hydroxyl groups excluding tert-OH is 1. The summed E-state index contributed by atoms with van der Waals surface area (Å²) in [5.74, 6) is 1.00. The van der Waals surface area contributed by atoms with Crippen molar-refractivity contribution >= 4 is 17.2 Å². The number of nitrogens with zero attached hydrogens (tertiary/aromatic N) is 3. The Kier molecular flexibility index (Phi) is 10.4. The zero-order chi connectivity index (χ0) is 32.2. The number of rotatable bonds is 9. The Bertz CT molecular complexity index is 1490. The molecule has 9 nitrogen and oxygen atoms in total. The molecular weight excluding hydrogens is 564 g/mol. The van der Waals surface area contributed by atoms with Crippen LogP contribution in [-0.2, 0) is 6.54 Å². The third-order valence-electron chi connectivity index (χ3n) is 10.1. The van der Waals surface area contributed by atoms with Crippen molar-refractivity contribution in [3.05, 3.63) is 80.0 Å². The van der Waals surface area contributed by atoms with Crippen LogP contribution in [0.15, 0.2) is 41.0 Å². The molecule has 1 amide bonds. The summed E-state index contributed by atoms with van der Waals surface area (Å²) in [7, 11) is 4.17. The first-order valence-corrected chi connectivity index (χ1v) is 16.7. The number of likely N-dealkylation sites (tertiary alicyclic amines) is 1. The van der Waals surface area contributed by atoms with E-state index in [9.17, 15) is 14.7 Å². The van der Waals surface area contributed by atoms with Crippen molar-refractivity contribution in [2.45, 2.75) is 91.0 Å². The van der Waals surface area contributed by atoms with Crippen molar-refractivity contribution in [3.8, 4) is 0 Å². The number of nitrogens with one attached hydrogen (secondary N) is 3. The lowest BCUT2D eigenvalue weighted by molar-refractivity contribution is 0.0843. The first-order chi connectivity index (χ1) is 21.6. The van der Waals surface area contributed by atoms with Gasteiger partial charge in [0.05, 0.1) is 6.10 Å². The molecule has 1 aromatic carbocycles. The molecule has 0 bridgehead atoms. The van der Waals surface area contributed by atoms with Gasteiger partial charge in [0, 0.05) is 74.4 Å². The molecule has 0 radical (unpaired) electrons. The quantitative estimate of drug-likeness (QED) is 0.335. The predicted molar refractivity (Wildman–Crippen MR) is 183 cm³/mol. The second-order valence-electron chi connectivity index (χ2n) is 13.2. The normalized spacial score (nSPS) is 21.0. The molecule has 0 unspecified atom stereocenters. The van der Waals surface area contributed by atoms with E-state index in [0.29, 0.717) is 23.2 Å². The summed E-state index contributed by atoms with van der Waals surface area (Å²) >= 11 is 0. The molecule has 0 spiro atoms. The summed E-state index contributed by atoms with van der Waals surface area (Å²) in [6.45, 7) is 11.5. The van der Waals surface area contributed by atoms with Gasteiger partial charge in [-0.3, -0.25) is 9.59 Å². The van der Waals surface area contributed by atoms with Crippen LogP contribution < -0.4 is 21.1 Å². The van der Waals surface area contributed by atoms with Crippen molar-refractivity contribution < 1.29 is 9.90 Å². The minimum absolute atomic E-state index is 0.158. The van der Waals surface area contributed by atoms with Crippen LogP contribution in [0.2, 0.25) is 0 Å². The number of aryl methyl sites for hydroxylation is 2. The summed E-state index contributed by atoms with van der Waals surface area (Å²) in [5, 5.41) is 16.5. The number of hydrogen-bond acceptors (Lipinski definition) is 7. The predicted octanol–water partition coefficient (Wildman–Crippen LogP) is 4.21. The Hall–Kier alpha value is -3.56. The van der Waals surface area contributed by atoms with Gasteiger partial charge < -0.3 is 35.4 Å². The average molecular weight is 617 g/mol. The molecule has 4 N–H and O–H groups in total. The van der Waals surface area contributed by atoms with Gasteiger partial charge in [-0.05, 0) is 120 Å². The van der Waals surface area contributed by atoms with Crippen molar-refractivity contribution in [1.82, 2.24) is 25.4 Å². The molecule has 45 heavy (non-hydrogen) atoms. The van der Waals surface area contributed by atoms with Crippen LogP contribution >= 0.6 is 0 Å². The number of aromatic amines is 1. The van der Waals surface area contributed by atoms with Gasteiger partial charge in [-0.1, -0.05) is 6.08 Å². The zero-order valence-corrected chi connectivity index (χ0v) is 28.0. The number of piperidine rings is 1. The number of pyridine rings is 1. The fourth-order valence-corrected chi connectivity index (χ4v) is 7.41. The third-order valence-corrected chi connectivity index (χ3v) is 10.1. The maximum absolute atomic E-state index is 13.9. The van der Waals surface area contributed by atoms with Gasteiger partial charge >= 0.3 is 0 Å². The number of carbonyl (C=O) groups is 1. The number of amides is 1. The third kappa shape index (κ3) is 7.31. The maximum Gasteiger partial charge on any atom is 0.253 e. The number of benzene rings is 1. The minimum Gasteiger partial charge on any atom is -0.393 e. The highest BCUT2D eigenvalue weighted by Gasteiger charge is 2.29. The van der Waals surface area contributed by atoms with Crippen LogP contribution in [0.5, 0.6) is 0 Å². The van der Waals surface area contributed by atoms with E-state index < -0.39 is 0 Å². The van der Waals surface area contributed by atoms with E-state index in [1.807, 2.05) is 26.0 Å². The van der Waals surface area contributed by atoms with Crippen molar-refractivity contribution in [2.75, 3.05) is 45.2 Å².